The van der Waals surface area contributed by atoms with Gasteiger partial charge in [0.1, 0.15) is 5.82 Å². The van der Waals surface area contributed by atoms with E-state index in [9.17, 15) is 4.79 Å². The van der Waals surface area contributed by atoms with Gasteiger partial charge in [-0.15, -0.1) is 0 Å². The number of benzene rings is 1. The predicted octanol–water partition coefficient (Wildman–Crippen LogP) is 5.57. The summed E-state index contributed by atoms with van der Waals surface area (Å²) in [6.45, 7) is 7.97. The van der Waals surface area contributed by atoms with Gasteiger partial charge in [-0.2, -0.15) is 4.98 Å². The topological polar surface area (TPSA) is 66.9 Å². The molecule has 28 heavy (non-hydrogen) atoms. The molecule has 0 saturated carbocycles. The third kappa shape index (κ3) is 4.94. The zero-order valence-electron chi connectivity index (χ0n) is 16.8. The third-order valence-electron chi connectivity index (χ3n) is 4.51. The van der Waals surface area contributed by atoms with E-state index in [0.717, 1.165) is 34.8 Å². The van der Waals surface area contributed by atoms with Crippen LogP contribution in [0.2, 0.25) is 0 Å². The lowest BCUT2D eigenvalue weighted by Crippen LogP contribution is -2.13. The van der Waals surface area contributed by atoms with Crippen molar-refractivity contribution in [2.24, 2.45) is 5.92 Å². The van der Waals surface area contributed by atoms with Crippen LogP contribution in [0.5, 0.6) is 0 Å². The van der Waals surface area contributed by atoms with Crippen molar-refractivity contribution in [2.45, 2.75) is 34.1 Å². The zero-order valence-corrected chi connectivity index (χ0v) is 16.8. The van der Waals surface area contributed by atoms with E-state index in [2.05, 4.69) is 39.7 Å². The number of aryl methyl sites for hydroxylation is 1. The summed E-state index contributed by atoms with van der Waals surface area (Å²) in [5.41, 5.74) is 4.58. The molecule has 2 N–H and O–H groups in total. The molecule has 1 aromatic carbocycles. The van der Waals surface area contributed by atoms with Crippen LogP contribution in [0.25, 0.3) is 0 Å². The van der Waals surface area contributed by atoms with E-state index in [1.54, 1.807) is 12.3 Å². The van der Waals surface area contributed by atoms with Crippen LogP contribution in [0.3, 0.4) is 0 Å². The largest absolute Gasteiger partial charge is 0.340 e. The average Bonchev–Trinajstić information content (AvgIpc) is 2.66. The molecule has 2 aromatic rings. The molecule has 1 aromatic heterocycles. The van der Waals surface area contributed by atoms with E-state index in [-0.39, 0.29) is 5.78 Å². The van der Waals surface area contributed by atoms with Crippen LogP contribution in [0.4, 0.5) is 17.5 Å². The van der Waals surface area contributed by atoms with Gasteiger partial charge in [0, 0.05) is 28.7 Å². The quantitative estimate of drug-likeness (QED) is 0.511. The van der Waals surface area contributed by atoms with E-state index < -0.39 is 0 Å². The summed E-state index contributed by atoms with van der Waals surface area (Å²) in [5, 5.41) is 6.64. The van der Waals surface area contributed by atoms with Gasteiger partial charge in [0.25, 0.3) is 0 Å². The summed E-state index contributed by atoms with van der Waals surface area (Å²) >= 11 is 0. The van der Waals surface area contributed by atoms with Gasteiger partial charge >= 0.3 is 0 Å². The molecule has 5 heteroatoms. The first kappa shape index (κ1) is 19.5. The summed E-state index contributed by atoms with van der Waals surface area (Å²) in [7, 11) is 0. The van der Waals surface area contributed by atoms with Crippen LogP contribution >= 0.6 is 0 Å². The summed E-state index contributed by atoms with van der Waals surface area (Å²) in [6, 6.07) is 7.41. The van der Waals surface area contributed by atoms with Crippen LogP contribution in [-0.4, -0.2) is 15.8 Å². The molecule has 1 unspecified atom stereocenters. The number of hydrogen-bond acceptors (Lipinski definition) is 5. The second-order valence-electron chi connectivity index (χ2n) is 7.33. The first-order valence-corrected chi connectivity index (χ1v) is 9.46. The van der Waals surface area contributed by atoms with Crippen molar-refractivity contribution in [3.8, 4) is 0 Å². The maximum absolute atomic E-state index is 12.1. The Bertz CT molecular complexity index is 951. The Morgan fingerprint density at radius 2 is 1.93 bits per heavy atom. The van der Waals surface area contributed by atoms with Crippen LogP contribution in [0.15, 0.2) is 66.0 Å². The summed E-state index contributed by atoms with van der Waals surface area (Å²) in [4.78, 5) is 21.1. The standard InChI is InChI=1S/C23H26N4O/c1-15(2)13-21(28)18-9-11-19(12-10-18)25-22-17(4)14-24-23(27-22)26-20-8-6-5-7-16(20)3/h5-6,8-14,16H,7H2,1-4H3,(H2,24,25,26,27). The fourth-order valence-electron chi connectivity index (χ4n) is 2.87. The Kier molecular flexibility index (Phi) is 6.04. The minimum absolute atomic E-state index is 0.0141. The molecule has 0 amide bonds. The maximum Gasteiger partial charge on any atom is 0.228 e. The minimum Gasteiger partial charge on any atom is -0.340 e. The number of anilines is 3. The molecule has 3 rings (SSSR count). The number of allylic oxidation sites excluding steroid dienone is 6. The van der Waals surface area contributed by atoms with Crippen molar-refractivity contribution < 1.29 is 4.79 Å². The van der Waals surface area contributed by atoms with E-state index in [1.165, 1.54) is 0 Å². The molecule has 0 saturated heterocycles. The van der Waals surface area contributed by atoms with E-state index in [1.807, 2.05) is 51.1 Å². The normalized spacial score (nSPS) is 15.6. The number of nitrogens with one attached hydrogen (secondary N) is 2. The lowest BCUT2D eigenvalue weighted by atomic mass is 9.99. The highest BCUT2D eigenvalue weighted by Crippen LogP contribution is 2.23. The number of carbonyl (C=O) groups excluding carboxylic acids is 1. The fraction of sp³-hybridized carbons (Fsp3) is 0.261. The SMILES string of the molecule is CC(C)=CC(=O)c1ccc(Nc2nc(NC3=CC=CCC3C)ncc2C)cc1. The molecule has 1 aliphatic rings. The number of rotatable bonds is 6. The Hall–Kier alpha value is -3.21. The molecule has 1 atom stereocenters. The average molecular weight is 374 g/mol. The molecular formula is C23H26N4O. The summed E-state index contributed by atoms with van der Waals surface area (Å²) in [5.74, 6) is 1.73. The Morgan fingerprint density at radius 1 is 1.18 bits per heavy atom. The Labute approximate surface area is 166 Å². The van der Waals surface area contributed by atoms with Crippen LogP contribution in [0, 0.1) is 12.8 Å². The molecule has 0 bridgehead atoms. The second-order valence-corrected chi connectivity index (χ2v) is 7.33. The van der Waals surface area contributed by atoms with E-state index >= 15 is 0 Å². The van der Waals surface area contributed by atoms with Gasteiger partial charge in [-0.1, -0.05) is 24.6 Å². The van der Waals surface area contributed by atoms with Crippen LogP contribution in [0.1, 0.15) is 43.1 Å². The lowest BCUT2D eigenvalue weighted by Gasteiger charge is -2.18. The fourth-order valence-corrected chi connectivity index (χ4v) is 2.87. The third-order valence-corrected chi connectivity index (χ3v) is 4.51. The Balaban J connectivity index is 1.75. The molecular weight excluding hydrogens is 348 g/mol. The van der Waals surface area contributed by atoms with Gasteiger partial charge in [-0.3, -0.25) is 4.79 Å². The highest BCUT2D eigenvalue weighted by atomic mass is 16.1. The number of ketones is 1. The smallest absolute Gasteiger partial charge is 0.228 e. The molecule has 0 radical (unpaired) electrons. The van der Waals surface area contributed by atoms with Gasteiger partial charge < -0.3 is 10.6 Å². The highest BCUT2D eigenvalue weighted by molar-refractivity contribution is 6.05. The zero-order chi connectivity index (χ0) is 20.1. The van der Waals surface area contributed by atoms with Gasteiger partial charge in [0.2, 0.25) is 5.95 Å². The van der Waals surface area contributed by atoms with Crippen molar-refractivity contribution in [1.82, 2.24) is 9.97 Å². The number of nitrogens with zero attached hydrogens (tertiary/aromatic N) is 2. The number of hydrogen-bond donors (Lipinski definition) is 2. The van der Waals surface area contributed by atoms with Crippen molar-refractivity contribution in [3.63, 3.8) is 0 Å². The van der Waals surface area contributed by atoms with Crippen molar-refractivity contribution in [3.05, 3.63) is 77.2 Å². The molecule has 0 aliphatic heterocycles. The second kappa shape index (κ2) is 8.65. The van der Waals surface area contributed by atoms with E-state index in [4.69, 9.17) is 0 Å². The number of carbonyl (C=O) groups is 1. The van der Waals surface area contributed by atoms with Crippen LogP contribution in [-0.2, 0) is 0 Å². The summed E-state index contributed by atoms with van der Waals surface area (Å²) < 4.78 is 0. The first-order chi connectivity index (χ1) is 13.4. The minimum atomic E-state index is 0.0141. The molecule has 144 valence electrons. The lowest BCUT2D eigenvalue weighted by molar-refractivity contribution is 0.104. The van der Waals surface area contributed by atoms with Gasteiger partial charge in [0.05, 0.1) is 0 Å². The van der Waals surface area contributed by atoms with Crippen molar-refractivity contribution in [2.75, 3.05) is 10.6 Å². The maximum atomic E-state index is 12.1. The Morgan fingerprint density at radius 3 is 2.61 bits per heavy atom. The highest BCUT2D eigenvalue weighted by Gasteiger charge is 2.12. The van der Waals surface area contributed by atoms with Crippen LogP contribution < -0.4 is 10.6 Å². The monoisotopic (exact) mass is 374 g/mol. The van der Waals surface area contributed by atoms with E-state index in [0.29, 0.717) is 17.4 Å². The predicted molar refractivity (Wildman–Crippen MR) is 115 cm³/mol. The van der Waals surface area contributed by atoms with Crippen molar-refractivity contribution >= 4 is 23.2 Å². The molecule has 0 spiro atoms. The summed E-state index contributed by atoms with van der Waals surface area (Å²) in [6.07, 6.45) is 10.7. The molecule has 5 nitrogen and oxygen atoms in total. The van der Waals surface area contributed by atoms with Gasteiger partial charge in [0.15, 0.2) is 5.78 Å². The van der Waals surface area contributed by atoms with Crippen molar-refractivity contribution in [1.29, 1.82) is 0 Å². The first-order valence-electron chi connectivity index (χ1n) is 9.46. The van der Waals surface area contributed by atoms with Gasteiger partial charge in [-0.05, 0) is 69.5 Å². The van der Waals surface area contributed by atoms with Gasteiger partial charge in [-0.25, -0.2) is 4.98 Å². The molecule has 1 heterocycles. The number of aromatic nitrogens is 2. The molecule has 0 fully saturated rings. The molecule has 1 aliphatic carbocycles.